The highest BCUT2D eigenvalue weighted by atomic mass is 16.3. The van der Waals surface area contributed by atoms with Crippen LogP contribution in [0.5, 0.6) is 0 Å². The van der Waals surface area contributed by atoms with Gasteiger partial charge in [0.15, 0.2) is 0 Å². The zero-order valence-corrected chi connectivity index (χ0v) is 17.0. The van der Waals surface area contributed by atoms with Gasteiger partial charge in [0.05, 0.1) is 0 Å². The summed E-state index contributed by atoms with van der Waals surface area (Å²) in [6.07, 6.45) is 2.36. The molecule has 2 amide bonds. The highest BCUT2D eigenvalue weighted by Crippen LogP contribution is 2.27. The molecule has 2 heterocycles. The standard InChI is InChI=1S/C24H26N2O3/c1-3-21-20(19-7-4-5-8-22(19)29-21)16-25(2)24(28)18-12-10-17(11-13-18)15-26-14-6-9-23(26)27/h4-5,7-8,10-13H,3,6,9,14-16H2,1-2H3. The van der Waals surface area contributed by atoms with Gasteiger partial charge in [-0.1, -0.05) is 37.3 Å². The lowest BCUT2D eigenvalue weighted by atomic mass is 10.1. The molecule has 1 aromatic heterocycles. The fraction of sp³-hybridized carbons (Fsp3) is 0.333. The van der Waals surface area contributed by atoms with Gasteiger partial charge in [-0.25, -0.2) is 0 Å². The van der Waals surface area contributed by atoms with Crippen LogP contribution in [0, 0.1) is 0 Å². The number of carbonyl (C=O) groups is 2. The molecule has 3 aromatic rings. The van der Waals surface area contributed by atoms with E-state index in [1.807, 2.05) is 60.5 Å². The summed E-state index contributed by atoms with van der Waals surface area (Å²) in [6.45, 7) is 4.00. The normalized spacial score (nSPS) is 14.0. The van der Waals surface area contributed by atoms with E-state index in [4.69, 9.17) is 4.42 Å². The molecule has 0 N–H and O–H groups in total. The van der Waals surface area contributed by atoms with E-state index in [1.165, 1.54) is 0 Å². The first-order valence-electron chi connectivity index (χ1n) is 10.2. The van der Waals surface area contributed by atoms with Crippen LogP contribution in [0.25, 0.3) is 11.0 Å². The zero-order valence-electron chi connectivity index (χ0n) is 17.0. The molecule has 150 valence electrons. The maximum absolute atomic E-state index is 12.9. The Hall–Kier alpha value is -3.08. The minimum absolute atomic E-state index is 0.0267. The van der Waals surface area contributed by atoms with Crippen LogP contribution in [-0.4, -0.2) is 35.2 Å². The van der Waals surface area contributed by atoms with Gasteiger partial charge in [0.2, 0.25) is 5.91 Å². The third-order valence-corrected chi connectivity index (χ3v) is 5.59. The van der Waals surface area contributed by atoms with Crippen molar-refractivity contribution in [3.8, 4) is 0 Å². The maximum Gasteiger partial charge on any atom is 0.253 e. The number of furan rings is 1. The number of aryl methyl sites for hydroxylation is 1. The van der Waals surface area contributed by atoms with Gasteiger partial charge in [0.1, 0.15) is 11.3 Å². The van der Waals surface area contributed by atoms with Crippen molar-refractivity contribution >= 4 is 22.8 Å². The molecule has 1 fully saturated rings. The number of amides is 2. The predicted molar refractivity (Wildman–Crippen MR) is 112 cm³/mol. The minimum Gasteiger partial charge on any atom is -0.461 e. The fourth-order valence-corrected chi connectivity index (χ4v) is 3.98. The van der Waals surface area contributed by atoms with Crippen molar-refractivity contribution in [1.82, 2.24) is 9.80 Å². The Balaban J connectivity index is 1.47. The molecular weight excluding hydrogens is 364 g/mol. The summed E-state index contributed by atoms with van der Waals surface area (Å²) in [6, 6.07) is 15.5. The lowest BCUT2D eigenvalue weighted by Crippen LogP contribution is -2.26. The first-order chi connectivity index (χ1) is 14.1. The Bertz CT molecular complexity index is 1040. The Labute approximate surface area is 170 Å². The second kappa shape index (κ2) is 8.11. The van der Waals surface area contributed by atoms with Gasteiger partial charge in [-0.2, -0.15) is 0 Å². The van der Waals surface area contributed by atoms with Gasteiger partial charge in [-0.15, -0.1) is 0 Å². The van der Waals surface area contributed by atoms with E-state index in [0.717, 1.165) is 47.2 Å². The maximum atomic E-state index is 12.9. The third kappa shape index (κ3) is 3.90. The average Bonchev–Trinajstić information content (AvgIpc) is 3.31. The summed E-state index contributed by atoms with van der Waals surface area (Å²) in [5.41, 5.74) is 3.63. The van der Waals surface area contributed by atoms with Crippen LogP contribution >= 0.6 is 0 Å². The lowest BCUT2D eigenvalue weighted by molar-refractivity contribution is -0.128. The Morgan fingerprint density at radius 2 is 1.90 bits per heavy atom. The SMILES string of the molecule is CCc1oc2ccccc2c1CN(C)C(=O)c1ccc(CN2CCCC2=O)cc1. The molecule has 5 nitrogen and oxygen atoms in total. The Kier molecular flexibility index (Phi) is 5.38. The van der Waals surface area contributed by atoms with Gasteiger partial charge < -0.3 is 14.2 Å². The number of para-hydroxylation sites is 1. The second-order valence-corrected chi connectivity index (χ2v) is 7.63. The third-order valence-electron chi connectivity index (χ3n) is 5.59. The van der Waals surface area contributed by atoms with Crippen LogP contribution in [0.1, 0.15) is 47.0 Å². The molecule has 0 atom stereocenters. The van der Waals surface area contributed by atoms with Crippen LogP contribution < -0.4 is 0 Å². The number of rotatable bonds is 6. The number of fused-ring (bicyclic) bond motifs is 1. The summed E-state index contributed by atoms with van der Waals surface area (Å²) in [5.74, 6) is 1.11. The van der Waals surface area contributed by atoms with Gasteiger partial charge >= 0.3 is 0 Å². The fourth-order valence-electron chi connectivity index (χ4n) is 3.98. The van der Waals surface area contributed by atoms with Crippen LogP contribution in [0.2, 0.25) is 0 Å². The molecule has 0 bridgehead atoms. The molecular formula is C24H26N2O3. The number of likely N-dealkylation sites (tertiary alicyclic amines) is 1. The van der Waals surface area contributed by atoms with Crippen LogP contribution in [-0.2, 0) is 24.3 Å². The topological polar surface area (TPSA) is 53.8 Å². The van der Waals surface area contributed by atoms with E-state index in [1.54, 1.807) is 4.90 Å². The summed E-state index contributed by atoms with van der Waals surface area (Å²) >= 11 is 0. The highest BCUT2D eigenvalue weighted by Gasteiger charge is 2.21. The monoisotopic (exact) mass is 390 g/mol. The first-order valence-corrected chi connectivity index (χ1v) is 10.2. The van der Waals surface area contributed by atoms with Crippen LogP contribution in [0.15, 0.2) is 52.9 Å². The molecule has 29 heavy (non-hydrogen) atoms. The second-order valence-electron chi connectivity index (χ2n) is 7.63. The van der Waals surface area contributed by atoms with Crippen LogP contribution in [0.3, 0.4) is 0 Å². The molecule has 0 unspecified atom stereocenters. The first kappa shape index (κ1) is 19.2. The van der Waals surface area contributed by atoms with E-state index in [2.05, 4.69) is 6.92 Å². The van der Waals surface area contributed by atoms with Crippen LogP contribution in [0.4, 0.5) is 0 Å². The number of benzene rings is 2. The summed E-state index contributed by atoms with van der Waals surface area (Å²) in [5, 5.41) is 1.06. The molecule has 0 spiro atoms. The molecule has 4 rings (SSSR count). The van der Waals surface area contributed by atoms with E-state index in [-0.39, 0.29) is 11.8 Å². The molecule has 2 aromatic carbocycles. The highest BCUT2D eigenvalue weighted by molar-refractivity contribution is 5.94. The van der Waals surface area contributed by atoms with E-state index in [0.29, 0.717) is 25.1 Å². The lowest BCUT2D eigenvalue weighted by Gasteiger charge is -2.18. The van der Waals surface area contributed by atoms with Crippen molar-refractivity contribution in [2.24, 2.45) is 0 Å². The number of hydrogen-bond acceptors (Lipinski definition) is 3. The van der Waals surface area contributed by atoms with Crippen molar-refractivity contribution in [2.45, 2.75) is 39.3 Å². The predicted octanol–water partition coefficient (Wildman–Crippen LogP) is 4.39. The summed E-state index contributed by atoms with van der Waals surface area (Å²) in [7, 11) is 1.82. The molecule has 0 saturated carbocycles. The molecule has 5 heteroatoms. The quantitative estimate of drug-likeness (QED) is 0.627. The van der Waals surface area contributed by atoms with Crippen molar-refractivity contribution < 1.29 is 14.0 Å². The molecule has 0 radical (unpaired) electrons. The van der Waals surface area contributed by atoms with Gasteiger partial charge in [-0.3, -0.25) is 9.59 Å². The molecule has 1 aliphatic heterocycles. The van der Waals surface area contributed by atoms with Crippen molar-refractivity contribution in [3.63, 3.8) is 0 Å². The summed E-state index contributed by atoms with van der Waals surface area (Å²) < 4.78 is 5.95. The number of carbonyl (C=O) groups excluding carboxylic acids is 2. The van der Waals surface area contributed by atoms with E-state index in [9.17, 15) is 9.59 Å². The largest absolute Gasteiger partial charge is 0.461 e. The molecule has 1 saturated heterocycles. The van der Waals surface area contributed by atoms with Gasteiger partial charge in [0.25, 0.3) is 5.91 Å². The zero-order chi connectivity index (χ0) is 20.4. The van der Waals surface area contributed by atoms with E-state index < -0.39 is 0 Å². The summed E-state index contributed by atoms with van der Waals surface area (Å²) in [4.78, 5) is 28.3. The van der Waals surface area contributed by atoms with Crippen molar-refractivity contribution in [2.75, 3.05) is 13.6 Å². The molecule has 1 aliphatic rings. The van der Waals surface area contributed by atoms with Gasteiger partial charge in [0, 0.05) is 56.0 Å². The minimum atomic E-state index is -0.0267. The average molecular weight is 390 g/mol. The smallest absolute Gasteiger partial charge is 0.253 e. The van der Waals surface area contributed by atoms with Gasteiger partial charge in [-0.05, 0) is 30.2 Å². The number of hydrogen-bond donors (Lipinski definition) is 0. The van der Waals surface area contributed by atoms with Crippen molar-refractivity contribution in [3.05, 3.63) is 71.0 Å². The van der Waals surface area contributed by atoms with Crippen molar-refractivity contribution in [1.29, 1.82) is 0 Å². The Morgan fingerprint density at radius 1 is 1.14 bits per heavy atom. The number of nitrogens with zero attached hydrogens (tertiary/aromatic N) is 2. The molecule has 0 aliphatic carbocycles. The van der Waals surface area contributed by atoms with E-state index >= 15 is 0 Å². The Morgan fingerprint density at radius 3 is 2.59 bits per heavy atom.